The maximum atomic E-state index is 12.4. The number of rotatable bonds is 7. The van der Waals surface area contributed by atoms with E-state index in [0.29, 0.717) is 17.9 Å². The lowest BCUT2D eigenvalue weighted by molar-refractivity contribution is -0.0498. The van der Waals surface area contributed by atoms with Crippen LogP contribution in [-0.2, 0) is 0 Å². The Hall–Kier alpha value is -2.44. The molecule has 0 atom stereocenters. The lowest BCUT2D eigenvalue weighted by Gasteiger charge is -2.28. The fraction of sp³-hybridized carbons (Fsp3) is 0.545. The summed E-state index contributed by atoms with van der Waals surface area (Å²) in [5.41, 5.74) is 1.56. The molecule has 0 bridgehead atoms. The third kappa shape index (κ3) is 5.14. The fourth-order valence-electron chi connectivity index (χ4n) is 3.77. The molecule has 1 aromatic carbocycles. The van der Waals surface area contributed by atoms with Crippen molar-refractivity contribution >= 4 is 5.95 Å². The van der Waals surface area contributed by atoms with Gasteiger partial charge in [0.2, 0.25) is 11.8 Å². The van der Waals surface area contributed by atoms with Gasteiger partial charge in [-0.3, -0.25) is 0 Å². The van der Waals surface area contributed by atoms with Gasteiger partial charge in [-0.2, -0.15) is 13.8 Å². The second-order valence-corrected chi connectivity index (χ2v) is 8.09. The van der Waals surface area contributed by atoms with E-state index in [0.717, 1.165) is 49.1 Å². The van der Waals surface area contributed by atoms with E-state index in [1.165, 1.54) is 25.0 Å². The zero-order valence-electron chi connectivity index (χ0n) is 16.6. The topological polar surface area (TPSA) is 56.3 Å². The van der Waals surface area contributed by atoms with Crippen LogP contribution in [0.1, 0.15) is 51.9 Å². The van der Waals surface area contributed by atoms with Crippen molar-refractivity contribution in [2.75, 3.05) is 5.32 Å². The summed E-state index contributed by atoms with van der Waals surface area (Å²) in [5, 5.41) is 3.45. The van der Waals surface area contributed by atoms with Crippen molar-refractivity contribution < 1.29 is 18.3 Å². The Bertz CT molecular complexity index is 804. The molecule has 4 rings (SSSR count). The van der Waals surface area contributed by atoms with Crippen LogP contribution in [0.15, 0.2) is 30.5 Å². The van der Waals surface area contributed by atoms with E-state index in [4.69, 9.17) is 4.74 Å². The molecule has 2 saturated carbocycles. The second kappa shape index (κ2) is 8.93. The van der Waals surface area contributed by atoms with Gasteiger partial charge in [-0.15, -0.1) is 0 Å². The van der Waals surface area contributed by atoms with Crippen molar-refractivity contribution in [3.8, 4) is 22.8 Å². The van der Waals surface area contributed by atoms with Crippen LogP contribution in [0, 0.1) is 5.92 Å². The number of anilines is 1. The van der Waals surface area contributed by atoms with Crippen LogP contribution in [0.3, 0.4) is 0 Å². The number of ether oxygens (including phenoxy) is 2. The van der Waals surface area contributed by atoms with E-state index < -0.39 is 6.61 Å². The molecule has 0 amide bonds. The van der Waals surface area contributed by atoms with Crippen molar-refractivity contribution in [3.63, 3.8) is 0 Å². The lowest BCUT2D eigenvalue weighted by atomic mass is 9.87. The Kier molecular flexibility index (Phi) is 6.11. The maximum absolute atomic E-state index is 12.4. The van der Waals surface area contributed by atoms with E-state index >= 15 is 0 Å². The summed E-state index contributed by atoms with van der Waals surface area (Å²) in [5.74, 6) is 2.03. The highest BCUT2D eigenvalue weighted by Crippen LogP contribution is 2.34. The molecule has 7 heteroatoms. The summed E-state index contributed by atoms with van der Waals surface area (Å²) < 4.78 is 35.3. The van der Waals surface area contributed by atoms with E-state index in [1.807, 2.05) is 0 Å². The number of nitrogens with zero attached hydrogens (tertiary/aromatic N) is 2. The summed E-state index contributed by atoms with van der Waals surface area (Å²) in [4.78, 5) is 9.16. The molecule has 2 aromatic rings. The molecule has 1 aromatic heterocycles. The maximum Gasteiger partial charge on any atom is 0.387 e. The predicted molar refractivity (Wildman–Crippen MR) is 107 cm³/mol. The Labute approximate surface area is 169 Å². The minimum absolute atomic E-state index is 0.121. The van der Waals surface area contributed by atoms with E-state index in [9.17, 15) is 8.78 Å². The number of hydrogen-bond donors (Lipinski definition) is 1. The second-order valence-electron chi connectivity index (χ2n) is 8.09. The summed E-state index contributed by atoms with van der Waals surface area (Å²) in [6.45, 7) is -0.543. The number of benzene rings is 1. The van der Waals surface area contributed by atoms with Crippen LogP contribution < -0.4 is 14.8 Å². The smallest absolute Gasteiger partial charge is 0.387 e. The SMILES string of the molecule is CC1CCC(Nc2ncc(-c3ccc(OC(F)F)cc3)c(OC3CCC3)n2)CC1. The standard InChI is InChI=1S/C22H27F2N3O2/c1-14-5-9-16(10-6-14)26-22-25-13-19(20(27-22)28-17-3-2-4-17)15-7-11-18(12-8-15)29-21(23)24/h7-8,11-14,16-17,21H,2-6,9-10H2,1H3,(H,25,26,27). The molecule has 2 aliphatic carbocycles. The average molecular weight is 403 g/mol. The number of nitrogens with one attached hydrogen (secondary N) is 1. The van der Waals surface area contributed by atoms with Gasteiger partial charge in [0.15, 0.2) is 0 Å². The van der Waals surface area contributed by atoms with Gasteiger partial charge in [0.1, 0.15) is 11.9 Å². The van der Waals surface area contributed by atoms with Crippen LogP contribution in [0.5, 0.6) is 11.6 Å². The Morgan fingerprint density at radius 2 is 1.76 bits per heavy atom. The molecule has 0 spiro atoms. The molecule has 1 N–H and O–H groups in total. The first-order valence-corrected chi connectivity index (χ1v) is 10.4. The Balaban J connectivity index is 1.54. The Morgan fingerprint density at radius 1 is 1.03 bits per heavy atom. The van der Waals surface area contributed by atoms with Crippen molar-refractivity contribution in [2.45, 2.75) is 70.6 Å². The monoisotopic (exact) mass is 403 g/mol. The van der Waals surface area contributed by atoms with Gasteiger partial charge < -0.3 is 14.8 Å². The summed E-state index contributed by atoms with van der Waals surface area (Å²) >= 11 is 0. The van der Waals surface area contributed by atoms with Crippen LogP contribution in [0.25, 0.3) is 11.1 Å². The molecular weight excluding hydrogens is 376 g/mol. The number of hydrogen-bond acceptors (Lipinski definition) is 5. The van der Waals surface area contributed by atoms with Gasteiger partial charge in [-0.1, -0.05) is 19.1 Å². The highest BCUT2D eigenvalue weighted by molar-refractivity contribution is 5.69. The molecule has 156 valence electrons. The van der Waals surface area contributed by atoms with E-state index in [-0.39, 0.29) is 11.9 Å². The summed E-state index contributed by atoms with van der Waals surface area (Å²) in [6.07, 6.45) is 9.80. The van der Waals surface area contributed by atoms with Crippen molar-refractivity contribution in [3.05, 3.63) is 30.5 Å². The summed E-state index contributed by atoms with van der Waals surface area (Å²) in [6, 6.07) is 6.87. The normalized spacial score (nSPS) is 22.2. The fourth-order valence-corrected chi connectivity index (χ4v) is 3.77. The third-order valence-electron chi connectivity index (χ3n) is 5.82. The molecule has 5 nitrogen and oxygen atoms in total. The molecule has 0 aliphatic heterocycles. The molecule has 2 aliphatic rings. The van der Waals surface area contributed by atoms with Gasteiger partial charge in [0, 0.05) is 12.2 Å². The van der Waals surface area contributed by atoms with Gasteiger partial charge >= 0.3 is 6.61 Å². The number of aromatic nitrogens is 2. The first-order chi connectivity index (χ1) is 14.1. The molecule has 0 radical (unpaired) electrons. The molecule has 0 unspecified atom stereocenters. The van der Waals surface area contributed by atoms with E-state index in [2.05, 4.69) is 26.9 Å². The third-order valence-corrected chi connectivity index (χ3v) is 5.82. The molecule has 2 fully saturated rings. The van der Waals surface area contributed by atoms with E-state index in [1.54, 1.807) is 18.3 Å². The van der Waals surface area contributed by atoms with Crippen molar-refractivity contribution in [1.82, 2.24) is 9.97 Å². The quantitative estimate of drug-likeness (QED) is 0.646. The van der Waals surface area contributed by atoms with Gasteiger partial charge in [0.05, 0.1) is 5.56 Å². The largest absolute Gasteiger partial charge is 0.474 e. The summed E-state index contributed by atoms with van der Waals surface area (Å²) in [7, 11) is 0. The zero-order chi connectivity index (χ0) is 20.2. The highest BCUT2D eigenvalue weighted by Gasteiger charge is 2.23. The van der Waals surface area contributed by atoms with Gasteiger partial charge in [-0.25, -0.2) is 4.98 Å². The van der Waals surface area contributed by atoms with Crippen LogP contribution in [0.4, 0.5) is 14.7 Å². The van der Waals surface area contributed by atoms with Crippen LogP contribution in [0.2, 0.25) is 0 Å². The van der Waals surface area contributed by atoms with Gasteiger partial charge in [0.25, 0.3) is 0 Å². The van der Waals surface area contributed by atoms with Crippen molar-refractivity contribution in [1.29, 1.82) is 0 Å². The first-order valence-electron chi connectivity index (χ1n) is 10.4. The minimum atomic E-state index is -2.84. The molecule has 0 saturated heterocycles. The van der Waals surface area contributed by atoms with Gasteiger partial charge in [-0.05, 0) is 68.6 Å². The average Bonchev–Trinajstić information content (AvgIpc) is 2.67. The number of alkyl halides is 2. The molecule has 1 heterocycles. The lowest BCUT2D eigenvalue weighted by Crippen LogP contribution is -2.27. The highest BCUT2D eigenvalue weighted by atomic mass is 19.3. The molecular formula is C22H27F2N3O2. The molecule has 29 heavy (non-hydrogen) atoms. The predicted octanol–water partition coefficient (Wildman–Crippen LogP) is 5.67. The van der Waals surface area contributed by atoms with Crippen LogP contribution >= 0.6 is 0 Å². The van der Waals surface area contributed by atoms with Crippen LogP contribution in [-0.4, -0.2) is 28.7 Å². The Morgan fingerprint density at radius 3 is 2.38 bits per heavy atom. The first kappa shape index (κ1) is 19.9. The minimum Gasteiger partial charge on any atom is -0.474 e. The van der Waals surface area contributed by atoms with Crippen molar-refractivity contribution in [2.24, 2.45) is 5.92 Å². The zero-order valence-corrected chi connectivity index (χ0v) is 16.6. The number of halogens is 2.